The Hall–Kier alpha value is -0.130. The van der Waals surface area contributed by atoms with Crippen molar-refractivity contribution in [2.75, 3.05) is 25.7 Å². The maximum Gasteiger partial charge on any atom is 0.147 e. The maximum atomic E-state index is 10.8. The first-order valence-corrected chi connectivity index (χ1v) is 6.86. The summed E-state index contributed by atoms with van der Waals surface area (Å²) in [4.78, 5) is 0. The van der Waals surface area contributed by atoms with Crippen LogP contribution in [0, 0.1) is 0 Å². The molecule has 0 radical (unpaired) electrons. The molecular formula is C9H21NO3S. The Morgan fingerprint density at radius 1 is 1.36 bits per heavy atom. The molecule has 0 aromatic rings. The van der Waals surface area contributed by atoms with Crippen LogP contribution in [-0.2, 0) is 14.6 Å². The molecule has 0 aliphatic heterocycles. The van der Waals surface area contributed by atoms with Crippen LogP contribution in [0.3, 0.4) is 0 Å². The summed E-state index contributed by atoms with van der Waals surface area (Å²) in [5, 5.41) is 3.22. The molecule has 1 N–H and O–H groups in total. The maximum absolute atomic E-state index is 10.8. The van der Waals surface area contributed by atoms with Crippen molar-refractivity contribution in [3.63, 3.8) is 0 Å². The number of sulfone groups is 1. The Labute approximate surface area is 86.9 Å². The molecule has 0 aromatic heterocycles. The van der Waals surface area contributed by atoms with Crippen LogP contribution in [0.4, 0.5) is 0 Å². The standard InChI is InChI=1S/C9H21NO3S/c1-8(9(2)13-3)10-6-5-7-14(4,11)12/h8-10H,5-7H2,1-4H3. The van der Waals surface area contributed by atoms with E-state index in [4.69, 9.17) is 4.74 Å². The van der Waals surface area contributed by atoms with E-state index in [2.05, 4.69) is 5.32 Å². The fourth-order valence-electron chi connectivity index (χ4n) is 1.03. The van der Waals surface area contributed by atoms with E-state index in [1.807, 2.05) is 13.8 Å². The summed E-state index contributed by atoms with van der Waals surface area (Å²) in [5.41, 5.74) is 0. The third-order valence-corrected chi connectivity index (χ3v) is 3.26. The summed E-state index contributed by atoms with van der Waals surface area (Å²) in [6.07, 6.45) is 2.06. The lowest BCUT2D eigenvalue weighted by Gasteiger charge is -2.19. The molecule has 2 atom stereocenters. The van der Waals surface area contributed by atoms with Crippen LogP contribution in [0.5, 0.6) is 0 Å². The van der Waals surface area contributed by atoms with Gasteiger partial charge in [-0.25, -0.2) is 8.42 Å². The Morgan fingerprint density at radius 2 is 1.93 bits per heavy atom. The number of rotatable bonds is 7. The van der Waals surface area contributed by atoms with E-state index in [-0.39, 0.29) is 17.9 Å². The van der Waals surface area contributed by atoms with Gasteiger partial charge >= 0.3 is 0 Å². The third kappa shape index (κ3) is 7.29. The molecule has 0 fully saturated rings. The summed E-state index contributed by atoms with van der Waals surface area (Å²) in [6.45, 7) is 4.71. The molecule has 2 unspecified atom stereocenters. The zero-order valence-corrected chi connectivity index (χ0v) is 10.2. The molecule has 5 heteroatoms. The van der Waals surface area contributed by atoms with Gasteiger partial charge in [-0.05, 0) is 26.8 Å². The number of hydrogen-bond donors (Lipinski definition) is 1. The molecule has 0 spiro atoms. The number of nitrogens with one attached hydrogen (secondary N) is 1. The monoisotopic (exact) mass is 223 g/mol. The molecule has 0 bridgehead atoms. The molecule has 0 aliphatic rings. The fourth-order valence-corrected chi connectivity index (χ4v) is 1.70. The average Bonchev–Trinajstić information content (AvgIpc) is 2.09. The third-order valence-electron chi connectivity index (χ3n) is 2.23. The Morgan fingerprint density at radius 3 is 2.36 bits per heavy atom. The van der Waals surface area contributed by atoms with E-state index in [9.17, 15) is 8.42 Å². The molecule has 86 valence electrons. The number of methoxy groups -OCH3 is 1. The Balaban J connectivity index is 3.55. The first-order valence-electron chi connectivity index (χ1n) is 4.80. The highest BCUT2D eigenvalue weighted by Gasteiger charge is 2.09. The summed E-state index contributed by atoms with van der Waals surface area (Å²) < 4.78 is 26.8. The van der Waals surface area contributed by atoms with E-state index in [0.717, 1.165) is 0 Å². The van der Waals surface area contributed by atoms with Crippen LogP contribution in [0.1, 0.15) is 20.3 Å². The van der Waals surface area contributed by atoms with Gasteiger partial charge in [0.2, 0.25) is 0 Å². The van der Waals surface area contributed by atoms with Crippen LogP contribution < -0.4 is 5.32 Å². The molecule has 0 rings (SSSR count). The summed E-state index contributed by atoms with van der Waals surface area (Å²) in [5.74, 6) is 0.244. The van der Waals surface area contributed by atoms with Gasteiger partial charge in [0, 0.05) is 19.4 Å². The second kappa shape index (κ2) is 6.37. The SMILES string of the molecule is COC(C)C(C)NCCCS(C)(=O)=O. The van der Waals surface area contributed by atoms with Gasteiger partial charge in [0.15, 0.2) is 0 Å². The van der Waals surface area contributed by atoms with Gasteiger partial charge in [0.1, 0.15) is 9.84 Å². The second-order valence-electron chi connectivity index (χ2n) is 3.67. The topological polar surface area (TPSA) is 55.4 Å². The normalized spacial score (nSPS) is 16.6. The van der Waals surface area contributed by atoms with E-state index in [1.165, 1.54) is 6.26 Å². The van der Waals surface area contributed by atoms with Crippen molar-refractivity contribution in [1.29, 1.82) is 0 Å². The lowest BCUT2D eigenvalue weighted by Crippen LogP contribution is -2.37. The van der Waals surface area contributed by atoms with Crippen LogP contribution in [-0.4, -0.2) is 46.2 Å². The molecule has 0 saturated carbocycles. The first kappa shape index (κ1) is 13.9. The van der Waals surface area contributed by atoms with Gasteiger partial charge in [-0.15, -0.1) is 0 Å². The van der Waals surface area contributed by atoms with Crippen molar-refractivity contribution in [2.45, 2.75) is 32.4 Å². The summed E-state index contributed by atoms with van der Waals surface area (Å²) in [7, 11) is -1.15. The van der Waals surface area contributed by atoms with Gasteiger partial charge in [-0.2, -0.15) is 0 Å². The van der Waals surface area contributed by atoms with Crippen molar-refractivity contribution < 1.29 is 13.2 Å². The highest BCUT2D eigenvalue weighted by Crippen LogP contribution is 1.96. The lowest BCUT2D eigenvalue weighted by atomic mass is 10.2. The summed E-state index contributed by atoms with van der Waals surface area (Å²) >= 11 is 0. The van der Waals surface area contributed by atoms with Crippen LogP contribution in [0.15, 0.2) is 0 Å². The van der Waals surface area contributed by atoms with Crippen LogP contribution in [0.2, 0.25) is 0 Å². The summed E-state index contributed by atoms with van der Waals surface area (Å²) in [6, 6.07) is 0.250. The quantitative estimate of drug-likeness (QED) is 0.636. The Kier molecular flexibility index (Phi) is 6.31. The minimum atomic E-state index is -2.82. The molecule has 14 heavy (non-hydrogen) atoms. The van der Waals surface area contributed by atoms with E-state index in [0.29, 0.717) is 13.0 Å². The molecule has 4 nitrogen and oxygen atoms in total. The molecule has 0 saturated heterocycles. The van der Waals surface area contributed by atoms with Gasteiger partial charge < -0.3 is 10.1 Å². The lowest BCUT2D eigenvalue weighted by molar-refractivity contribution is 0.0889. The van der Waals surface area contributed by atoms with Crippen molar-refractivity contribution in [2.24, 2.45) is 0 Å². The molecule has 0 amide bonds. The van der Waals surface area contributed by atoms with Crippen molar-refractivity contribution in [3.8, 4) is 0 Å². The Bertz CT molecular complexity index is 238. The minimum absolute atomic E-state index is 0.147. The smallest absolute Gasteiger partial charge is 0.147 e. The zero-order valence-electron chi connectivity index (χ0n) is 9.41. The van der Waals surface area contributed by atoms with Crippen molar-refractivity contribution >= 4 is 9.84 Å². The highest BCUT2D eigenvalue weighted by molar-refractivity contribution is 7.90. The van der Waals surface area contributed by atoms with Crippen molar-refractivity contribution in [3.05, 3.63) is 0 Å². The van der Waals surface area contributed by atoms with E-state index < -0.39 is 9.84 Å². The predicted molar refractivity (Wildman–Crippen MR) is 58.3 cm³/mol. The molecular weight excluding hydrogens is 202 g/mol. The largest absolute Gasteiger partial charge is 0.380 e. The van der Waals surface area contributed by atoms with Crippen LogP contribution in [0.25, 0.3) is 0 Å². The van der Waals surface area contributed by atoms with E-state index in [1.54, 1.807) is 7.11 Å². The first-order chi connectivity index (χ1) is 6.37. The minimum Gasteiger partial charge on any atom is -0.380 e. The number of hydrogen-bond acceptors (Lipinski definition) is 4. The van der Waals surface area contributed by atoms with Gasteiger partial charge in [-0.3, -0.25) is 0 Å². The highest BCUT2D eigenvalue weighted by atomic mass is 32.2. The molecule has 0 heterocycles. The van der Waals surface area contributed by atoms with Gasteiger partial charge in [-0.1, -0.05) is 0 Å². The number of ether oxygens (including phenoxy) is 1. The second-order valence-corrected chi connectivity index (χ2v) is 5.93. The predicted octanol–water partition coefficient (Wildman–Crippen LogP) is 0.434. The van der Waals surface area contributed by atoms with Crippen LogP contribution >= 0.6 is 0 Å². The molecule has 0 aliphatic carbocycles. The molecule has 0 aromatic carbocycles. The zero-order chi connectivity index (χ0) is 11.2. The van der Waals surface area contributed by atoms with Gasteiger partial charge in [0.05, 0.1) is 11.9 Å². The fraction of sp³-hybridized carbons (Fsp3) is 1.00. The average molecular weight is 223 g/mol. The van der Waals surface area contributed by atoms with Crippen molar-refractivity contribution in [1.82, 2.24) is 5.32 Å². The van der Waals surface area contributed by atoms with E-state index >= 15 is 0 Å². The van der Waals surface area contributed by atoms with Gasteiger partial charge in [0.25, 0.3) is 0 Å².